The molecule has 2 rings (SSSR count). The molecule has 0 aromatic heterocycles. The SMILES string of the molecule is NCc1cc(F)c(N2CCC(CCO)C2)c(F)c1. The highest BCUT2D eigenvalue weighted by Crippen LogP contribution is 2.30. The molecule has 18 heavy (non-hydrogen) atoms. The van der Waals surface area contributed by atoms with Crippen LogP contribution >= 0.6 is 0 Å². The first-order valence-corrected chi connectivity index (χ1v) is 6.19. The predicted octanol–water partition coefficient (Wildman–Crippen LogP) is 1.63. The van der Waals surface area contributed by atoms with E-state index in [4.69, 9.17) is 10.8 Å². The standard InChI is InChI=1S/C13H18F2N2O/c14-11-5-10(7-16)6-12(15)13(11)17-3-1-9(8-17)2-4-18/h5-6,9,18H,1-4,7-8,16H2. The highest BCUT2D eigenvalue weighted by molar-refractivity contribution is 5.51. The summed E-state index contributed by atoms with van der Waals surface area (Å²) >= 11 is 0. The summed E-state index contributed by atoms with van der Waals surface area (Å²) in [5.41, 5.74) is 5.87. The van der Waals surface area contributed by atoms with E-state index < -0.39 is 11.6 Å². The minimum atomic E-state index is -0.555. The van der Waals surface area contributed by atoms with Gasteiger partial charge in [-0.1, -0.05) is 0 Å². The number of nitrogens with zero attached hydrogens (tertiary/aromatic N) is 1. The Hall–Kier alpha value is -1.20. The molecule has 3 nitrogen and oxygen atoms in total. The molecule has 3 N–H and O–H groups in total. The summed E-state index contributed by atoms with van der Waals surface area (Å²) in [6.07, 6.45) is 1.54. The highest BCUT2D eigenvalue weighted by atomic mass is 19.1. The molecule has 0 bridgehead atoms. The maximum atomic E-state index is 13.9. The van der Waals surface area contributed by atoms with Gasteiger partial charge in [-0.2, -0.15) is 0 Å². The molecule has 1 aromatic carbocycles. The van der Waals surface area contributed by atoms with Crippen LogP contribution in [0.4, 0.5) is 14.5 Å². The molecule has 1 atom stereocenters. The molecule has 1 aliphatic heterocycles. The van der Waals surface area contributed by atoms with E-state index in [0.29, 0.717) is 31.0 Å². The molecule has 0 aliphatic carbocycles. The van der Waals surface area contributed by atoms with Gasteiger partial charge in [-0.25, -0.2) is 8.78 Å². The van der Waals surface area contributed by atoms with E-state index in [2.05, 4.69) is 0 Å². The van der Waals surface area contributed by atoms with Crippen molar-refractivity contribution in [2.45, 2.75) is 19.4 Å². The van der Waals surface area contributed by atoms with Gasteiger partial charge in [0.2, 0.25) is 0 Å². The Morgan fingerprint density at radius 2 is 2.00 bits per heavy atom. The van der Waals surface area contributed by atoms with Crippen molar-refractivity contribution in [1.29, 1.82) is 0 Å². The van der Waals surface area contributed by atoms with Crippen molar-refractivity contribution in [2.75, 3.05) is 24.6 Å². The summed E-state index contributed by atoms with van der Waals surface area (Å²) in [6, 6.07) is 2.58. The third-order valence-corrected chi connectivity index (χ3v) is 3.45. The van der Waals surface area contributed by atoms with Crippen LogP contribution in [0.15, 0.2) is 12.1 Å². The Labute approximate surface area is 105 Å². The van der Waals surface area contributed by atoms with Gasteiger partial charge in [0.05, 0.1) is 0 Å². The van der Waals surface area contributed by atoms with Crippen LogP contribution < -0.4 is 10.6 Å². The van der Waals surface area contributed by atoms with Crippen LogP contribution in [0.5, 0.6) is 0 Å². The Morgan fingerprint density at radius 1 is 1.33 bits per heavy atom. The molecule has 1 fully saturated rings. The molecule has 1 aromatic rings. The topological polar surface area (TPSA) is 49.5 Å². The third kappa shape index (κ3) is 2.62. The van der Waals surface area contributed by atoms with Gasteiger partial charge in [0.15, 0.2) is 0 Å². The first-order chi connectivity index (χ1) is 8.65. The Morgan fingerprint density at radius 3 is 2.56 bits per heavy atom. The van der Waals surface area contributed by atoms with Gasteiger partial charge in [-0.15, -0.1) is 0 Å². The molecule has 1 heterocycles. The van der Waals surface area contributed by atoms with Crippen molar-refractivity contribution in [2.24, 2.45) is 11.7 Å². The van der Waals surface area contributed by atoms with Crippen LogP contribution in [0, 0.1) is 17.6 Å². The zero-order valence-electron chi connectivity index (χ0n) is 10.2. The average molecular weight is 256 g/mol. The smallest absolute Gasteiger partial charge is 0.149 e. The predicted molar refractivity (Wildman–Crippen MR) is 66.3 cm³/mol. The molecule has 0 saturated carbocycles. The van der Waals surface area contributed by atoms with E-state index in [1.165, 1.54) is 12.1 Å². The fourth-order valence-corrected chi connectivity index (χ4v) is 2.49. The summed E-state index contributed by atoms with van der Waals surface area (Å²) in [5.74, 6) is -0.803. The van der Waals surface area contributed by atoms with Gasteiger partial charge >= 0.3 is 0 Å². The lowest BCUT2D eigenvalue weighted by atomic mass is 10.1. The summed E-state index contributed by atoms with van der Waals surface area (Å²) in [4.78, 5) is 1.71. The normalized spacial score (nSPS) is 19.6. The number of rotatable bonds is 4. The largest absolute Gasteiger partial charge is 0.396 e. The van der Waals surface area contributed by atoms with Gasteiger partial charge in [0, 0.05) is 26.2 Å². The summed E-state index contributed by atoms with van der Waals surface area (Å²) in [5, 5.41) is 8.88. The molecule has 0 amide bonds. The van der Waals surface area contributed by atoms with E-state index in [1.807, 2.05) is 0 Å². The van der Waals surface area contributed by atoms with Crippen molar-refractivity contribution in [3.8, 4) is 0 Å². The van der Waals surface area contributed by atoms with Crippen molar-refractivity contribution in [3.05, 3.63) is 29.3 Å². The molecule has 1 saturated heterocycles. The first-order valence-electron chi connectivity index (χ1n) is 6.19. The number of hydrogen-bond acceptors (Lipinski definition) is 3. The minimum absolute atomic E-state index is 0.0349. The third-order valence-electron chi connectivity index (χ3n) is 3.45. The van der Waals surface area contributed by atoms with Crippen LogP contribution in [0.3, 0.4) is 0 Å². The maximum absolute atomic E-state index is 13.9. The van der Waals surface area contributed by atoms with Crippen LogP contribution in [0.1, 0.15) is 18.4 Å². The number of aliphatic hydroxyl groups excluding tert-OH is 1. The fourth-order valence-electron chi connectivity index (χ4n) is 2.49. The summed E-state index contributed by atoms with van der Waals surface area (Å²) in [6.45, 7) is 1.47. The number of benzene rings is 1. The van der Waals surface area contributed by atoms with E-state index in [-0.39, 0.29) is 18.8 Å². The molecule has 1 unspecified atom stereocenters. The van der Waals surface area contributed by atoms with Gasteiger partial charge < -0.3 is 15.7 Å². The van der Waals surface area contributed by atoms with Crippen LogP contribution in [-0.2, 0) is 6.54 Å². The van der Waals surface area contributed by atoms with Crippen LogP contribution in [0.25, 0.3) is 0 Å². The van der Waals surface area contributed by atoms with Gasteiger partial charge in [-0.3, -0.25) is 0 Å². The van der Waals surface area contributed by atoms with Crippen LogP contribution in [-0.4, -0.2) is 24.8 Å². The number of anilines is 1. The fraction of sp³-hybridized carbons (Fsp3) is 0.538. The molecular formula is C13H18F2N2O. The maximum Gasteiger partial charge on any atom is 0.149 e. The van der Waals surface area contributed by atoms with E-state index >= 15 is 0 Å². The van der Waals surface area contributed by atoms with E-state index in [0.717, 1.165) is 6.42 Å². The highest BCUT2D eigenvalue weighted by Gasteiger charge is 2.26. The first kappa shape index (κ1) is 13.2. The summed E-state index contributed by atoms with van der Waals surface area (Å²) < 4.78 is 27.8. The minimum Gasteiger partial charge on any atom is -0.396 e. The zero-order chi connectivity index (χ0) is 13.1. The monoisotopic (exact) mass is 256 g/mol. The molecule has 5 heteroatoms. The summed E-state index contributed by atoms with van der Waals surface area (Å²) in [7, 11) is 0. The lowest BCUT2D eigenvalue weighted by Gasteiger charge is -2.20. The second-order valence-corrected chi connectivity index (χ2v) is 4.73. The van der Waals surface area contributed by atoms with Gasteiger partial charge in [-0.05, 0) is 36.5 Å². The Kier molecular flexibility index (Phi) is 4.14. The second kappa shape index (κ2) is 5.63. The quantitative estimate of drug-likeness (QED) is 0.861. The van der Waals surface area contributed by atoms with Crippen molar-refractivity contribution in [1.82, 2.24) is 0 Å². The average Bonchev–Trinajstić information content (AvgIpc) is 2.77. The second-order valence-electron chi connectivity index (χ2n) is 4.73. The molecule has 0 spiro atoms. The number of hydrogen-bond donors (Lipinski definition) is 2. The van der Waals surface area contributed by atoms with Crippen molar-refractivity contribution < 1.29 is 13.9 Å². The lowest BCUT2D eigenvalue weighted by molar-refractivity contribution is 0.263. The molecule has 1 aliphatic rings. The van der Waals surface area contributed by atoms with Crippen molar-refractivity contribution in [3.63, 3.8) is 0 Å². The number of nitrogens with two attached hydrogens (primary N) is 1. The number of halogens is 2. The Balaban J connectivity index is 2.19. The van der Waals surface area contributed by atoms with Crippen molar-refractivity contribution >= 4 is 5.69 Å². The van der Waals surface area contributed by atoms with Gasteiger partial charge in [0.1, 0.15) is 17.3 Å². The zero-order valence-corrected chi connectivity index (χ0v) is 10.2. The van der Waals surface area contributed by atoms with Gasteiger partial charge in [0.25, 0.3) is 0 Å². The number of aliphatic hydroxyl groups is 1. The lowest BCUT2D eigenvalue weighted by Crippen LogP contribution is -2.22. The molecular weight excluding hydrogens is 238 g/mol. The van der Waals surface area contributed by atoms with E-state index in [1.54, 1.807) is 4.90 Å². The van der Waals surface area contributed by atoms with E-state index in [9.17, 15) is 8.78 Å². The molecule has 100 valence electrons. The Bertz CT molecular complexity index is 402. The van der Waals surface area contributed by atoms with Crippen LogP contribution in [0.2, 0.25) is 0 Å². The molecule has 0 radical (unpaired) electrons.